The number of nitrogens with two attached hydrogens (primary N) is 2. The van der Waals surface area contributed by atoms with Crippen molar-refractivity contribution in [1.82, 2.24) is 14.5 Å². The van der Waals surface area contributed by atoms with Gasteiger partial charge < -0.3 is 20.9 Å². The fourth-order valence-electron chi connectivity index (χ4n) is 1.96. The highest BCUT2D eigenvalue weighted by Crippen LogP contribution is 2.15. The van der Waals surface area contributed by atoms with Crippen molar-refractivity contribution in [2.75, 3.05) is 12.3 Å². The number of primary amides is 1. The molecule has 7 nitrogen and oxygen atoms in total. The molecule has 0 spiro atoms. The summed E-state index contributed by atoms with van der Waals surface area (Å²) < 4.78 is 1.66. The molecule has 0 radical (unpaired) electrons. The van der Waals surface area contributed by atoms with Gasteiger partial charge in [0.25, 0.3) is 5.91 Å². The molecule has 2 aromatic rings. The maximum Gasteiger partial charge on any atom is 0.274 e. The normalized spacial score (nSPS) is 10.3. The molecule has 0 fully saturated rings. The van der Waals surface area contributed by atoms with Gasteiger partial charge in [0.2, 0.25) is 5.91 Å². The van der Waals surface area contributed by atoms with Crippen molar-refractivity contribution in [2.45, 2.75) is 6.54 Å². The summed E-state index contributed by atoms with van der Waals surface area (Å²) in [6, 6.07) is 7.16. The monoisotopic (exact) mass is 287 g/mol. The highest BCUT2D eigenvalue weighted by atomic mass is 16.2. The van der Waals surface area contributed by atoms with Crippen LogP contribution in [0.1, 0.15) is 16.1 Å². The number of hydrogen-bond acceptors (Lipinski definition) is 4. The molecule has 0 aliphatic rings. The molecule has 0 bridgehead atoms. The number of imidazole rings is 1. The van der Waals surface area contributed by atoms with E-state index in [4.69, 9.17) is 11.5 Å². The van der Waals surface area contributed by atoms with E-state index in [2.05, 4.69) is 4.98 Å². The molecule has 7 heteroatoms. The first-order valence-electron chi connectivity index (χ1n) is 6.36. The molecule has 0 saturated heterocycles. The van der Waals surface area contributed by atoms with Crippen molar-refractivity contribution < 1.29 is 9.59 Å². The molecular formula is C14H17N5O2. The number of carbonyl (C=O) groups excluding carboxylic acids is 2. The van der Waals surface area contributed by atoms with Crippen molar-refractivity contribution in [1.29, 1.82) is 0 Å². The van der Waals surface area contributed by atoms with Crippen LogP contribution in [0.25, 0.3) is 0 Å². The van der Waals surface area contributed by atoms with Crippen molar-refractivity contribution in [3.8, 4) is 0 Å². The Morgan fingerprint density at radius 1 is 1.33 bits per heavy atom. The van der Waals surface area contributed by atoms with E-state index in [1.165, 1.54) is 11.2 Å². The first-order chi connectivity index (χ1) is 9.97. The zero-order valence-electron chi connectivity index (χ0n) is 11.7. The molecule has 110 valence electrons. The molecule has 2 rings (SSSR count). The second-order valence-corrected chi connectivity index (χ2v) is 4.75. The summed E-state index contributed by atoms with van der Waals surface area (Å²) in [4.78, 5) is 28.9. The number of nitrogens with zero attached hydrogens (tertiary/aromatic N) is 3. The van der Waals surface area contributed by atoms with Crippen LogP contribution in [0.4, 0.5) is 5.69 Å². The van der Waals surface area contributed by atoms with E-state index in [-0.39, 0.29) is 24.7 Å². The van der Waals surface area contributed by atoms with Crippen molar-refractivity contribution >= 4 is 17.5 Å². The SMILES string of the molecule is Cn1cnc(C(=O)N(CC(N)=O)Cc2ccccc2N)c1. The number of aromatic nitrogens is 2. The standard InChI is InChI=1S/C14H17N5O2/c1-18-7-12(17-9-18)14(21)19(8-13(16)20)6-10-4-2-3-5-11(10)15/h2-5,7,9H,6,8,15H2,1H3,(H2,16,20). The summed E-state index contributed by atoms with van der Waals surface area (Å²) in [5.41, 5.74) is 12.7. The smallest absolute Gasteiger partial charge is 0.274 e. The Kier molecular flexibility index (Phi) is 4.22. The second kappa shape index (κ2) is 6.08. The van der Waals surface area contributed by atoms with Crippen LogP contribution in [0.5, 0.6) is 0 Å². The van der Waals surface area contributed by atoms with Gasteiger partial charge in [-0.2, -0.15) is 0 Å². The summed E-state index contributed by atoms with van der Waals surface area (Å²) in [6.07, 6.45) is 3.11. The third-order valence-corrected chi connectivity index (χ3v) is 2.97. The molecule has 1 aromatic heterocycles. The first-order valence-corrected chi connectivity index (χ1v) is 6.36. The number of amides is 2. The lowest BCUT2D eigenvalue weighted by Crippen LogP contribution is -2.38. The number of nitrogen functional groups attached to an aromatic ring is 1. The Bertz CT molecular complexity index is 665. The predicted octanol–water partition coefficient (Wildman–Crippen LogP) is 0.130. The number of anilines is 1. The van der Waals surface area contributed by atoms with Crippen LogP contribution < -0.4 is 11.5 Å². The minimum atomic E-state index is -0.589. The van der Waals surface area contributed by atoms with Gasteiger partial charge in [-0.1, -0.05) is 18.2 Å². The first kappa shape index (κ1) is 14.6. The lowest BCUT2D eigenvalue weighted by molar-refractivity contribution is -0.118. The fourth-order valence-corrected chi connectivity index (χ4v) is 1.96. The summed E-state index contributed by atoms with van der Waals surface area (Å²) in [6.45, 7) is 0.00869. The van der Waals surface area contributed by atoms with E-state index in [1.54, 1.807) is 36.0 Å². The van der Waals surface area contributed by atoms with Crippen LogP contribution in [0.3, 0.4) is 0 Å². The number of carbonyl (C=O) groups is 2. The van der Waals surface area contributed by atoms with Gasteiger partial charge in [0, 0.05) is 25.5 Å². The summed E-state index contributed by atoms with van der Waals surface area (Å²) in [7, 11) is 1.76. The highest BCUT2D eigenvalue weighted by Gasteiger charge is 2.20. The van der Waals surface area contributed by atoms with Gasteiger partial charge in [-0.15, -0.1) is 0 Å². The number of hydrogen-bond donors (Lipinski definition) is 2. The zero-order valence-corrected chi connectivity index (χ0v) is 11.7. The third-order valence-electron chi connectivity index (χ3n) is 2.97. The second-order valence-electron chi connectivity index (χ2n) is 4.75. The molecule has 4 N–H and O–H groups in total. The van der Waals surface area contributed by atoms with Gasteiger partial charge in [0.1, 0.15) is 12.2 Å². The summed E-state index contributed by atoms with van der Waals surface area (Å²) in [5.74, 6) is -0.952. The van der Waals surface area contributed by atoms with Gasteiger partial charge in [0.05, 0.1) is 6.33 Å². The highest BCUT2D eigenvalue weighted by molar-refractivity contribution is 5.94. The molecule has 0 atom stereocenters. The quantitative estimate of drug-likeness (QED) is 0.762. The summed E-state index contributed by atoms with van der Waals surface area (Å²) in [5, 5.41) is 0. The molecule has 2 amide bonds. The van der Waals surface area contributed by atoms with Crippen LogP contribution in [0.2, 0.25) is 0 Å². The predicted molar refractivity (Wildman–Crippen MR) is 78.0 cm³/mol. The molecule has 0 aliphatic heterocycles. The van der Waals surface area contributed by atoms with E-state index in [0.717, 1.165) is 5.56 Å². The van der Waals surface area contributed by atoms with Gasteiger partial charge in [-0.3, -0.25) is 9.59 Å². The largest absolute Gasteiger partial charge is 0.398 e. The lowest BCUT2D eigenvalue weighted by Gasteiger charge is -2.21. The van der Waals surface area contributed by atoms with Crippen LogP contribution >= 0.6 is 0 Å². The zero-order chi connectivity index (χ0) is 15.4. The van der Waals surface area contributed by atoms with Crippen LogP contribution in [-0.4, -0.2) is 32.8 Å². The van der Waals surface area contributed by atoms with Crippen LogP contribution in [0.15, 0.2) is 36.8 Å². The van der Waals surface area contributed by atoms with Crippen LogP contribution in [0, 0.1) is 0 Å². The maximum atomic E-state index is 12.4. The number of rotatable bonds is 5. The molecule has 0 unspecified atom stereocenters. The average Bonchev–Trinajstić information content (AvgIpc) is 2.86. The Labute approximate surface area is 122 Å². The number of benzene rings is 1. The average molecular weight is 287 g/mol. The topological polar surface area (TPSA) is 107 Å². The van der Waals surface area contributed by atoms with Crippen molar-refractivity contribution in [3.05, 3.63) is 48.0 Å². The maximum absolute atomic E-state index is 12.4. The number of para-hydroxylation sites is 1. The van der Waals surface area contributed by atoms with Crippen molar-refractivity contribution in [2.24, 2.45) is 12.8 Å². The minimum Gasteiger partial charge on any atom is -0.398 e. The van der Waals surface area contributed by atoms with Gasteiger partial charge >= 0.3 is 0 Å². The molecular weight excluding hydrogens is 270 g/mol. The van der Waals surface area contributed by atoms with E-state index >= 15 is 0 Å². The fraction of sp³-hybridized carbons (Fsp3) is 0.214. The Morgan fingerprint density at radius 3 is 2.62 bits per heavy atom. The van der Waals surface area contributed by atoms with E-state index in [1.807, 2.05) is 6.07 Å². The molecule has 1 heterocycles. The molecule has 21 heavy (non-hydrogen) atoms. The Morgan fingerprint density at radius 2 is 2.05 bits per heavy atom. The van der Waals surface area contributed by atoms with Gasteiger partial charge in [-0.25, -0.2) is 4.98 Å². The molecule has 1 aromatic carbocycles. The van der Waals surface area contributed by atoms with E-state index < -0.39 is 5.91 Å². The van der Waals surface area contributed by atoms with E-state index in [0.29, 0.717) is 5.69 Å². The summed E-state index contributed by atoms with van der Waals surface area (Å²) >= 11 is 0. The number of aryl methyl sites for hydroxylation is 1. The lowest BCUT2D eigenvalue weighted by atomic mass is 10.1. The third kappa shape index (κ3) is 3.59. The van der Waals surface area contributed by atoms with Crippen LogP contribution in [-0.2, 0) is 18.4 Å². The van der Waals surface area contributed by atoms with E-state index in [9.17, 15) is 9.59 Å². The van der Waals surface area contributed by atoms with Gasteiger partial charge in [0.15, 0.2) is 0 Å². The van der Waals surface area contributed by atoms with Crippen molar-refractivity contribution in [3.63, 3.8) is 0 Å². The Balaban J connectivity index is 2.24. The molecule has 0 saturated carbocycles. The Hall–Kier alpha value is -2.83. The minimum absolute atomic E-state index is 0.191. The molecule has 0 aliphatic carbocycles. The van der Waals surface area contributed by atoms with Gasteiger partial charge in [-0.05, 0) is 11.6 Å².